The summed E-state index contributed by atoms with van der Waals surface area (Å²) in [6.07, 6.45) is 2.09. The quantitative estimate of drug-likeness (QED) is 0.886. The van der Waals surface area contributed by atoms with Crippen molar-refractivity contribution in [1.82, 2.24) is 0 Å². The highest BCUT2D eigenvalue weighted by molar-refractivity contribution is 5.54. The molecule has 2 rings (SSSR count). The molecular weight excluding hydrogens is 226 g/mol. The number of hydrogen-bond donors (Lipinski definition) is 1. The van der Waals surface area contributed by atoms with Crippen LogP contribution in [0.3, 0.4) is 0 Å². The predicted octanol–water partition coefficient (Wildman–Crippen LogP) is 3.70. The Morgan fingerprint density at radius 2 is 1.83 bits per heavy atom. The van der Waals surface area contributed by atoms with Crippen molar-refractivity contribution in [3.63, 3.8) is 0 Å². The fourth-order valence-electron chi connectivity index (χ4n) is 1.86. The van der Waals surface area contributed by atoms with Gasteiger partial charge in [-0.2, -0.15) is 0 Å². The van der Waals surface area contributed by atoms with E-state index in [1.165, 1.54) is 0 Å². The maximum Gasteiger partial charge on any atom is 0.163 e. The van der Waals surface area contributed by atoms with Gasteiger partial charge in [0.2, 0.25) is 0 Å². The van der Waals surface area contributed by atoms with Crippen molar-refractivity contribution in [3.8, 4) is 11.5 Å². The lowest BCUT2D eigenvalue weighted by Crippen LogP contribution is -2.12. The molecule has 1 aliphatic rings. The normalized spacial score (nSPS) is 15.1. The molecule has 100 valence electrons. The van der Waals surface area contributed by atoms with Crippen molar-refractivity contribution in [3.05, 3.63) is 18.2 Å². The molecule has 0 unspecified atom stereocenters. The van der Waals surface area contributed by atoms with Crippen molar-refractivity contribution in [1.29, 1.82) is 0 Å². The Morgan fingerprint density at radius 3 is 2.56 bits per heavy atom. The fourth-order valence-corrected chi connectivity index (χ4v) is 1.86. The zero-order valence-electron chi connectivity index (χ0n) is 11.6. The van der Waals surface area contributed by atoms with Gasteiger partial charge in [-0.25, -0.2) is 0 Å². The van der Waals surface area contributed by atoms with Crippen LogP contribution in [-0.4, -0.2) is 19.8 Å². The van der Waals surface area contributed by atoms with Crippen LogP contribution in [0.4, 0.5) is 5.69 Å². The Kier molecular flexibility index (Phi) is 4.00. The minimum Gasteiger partial charge on any atom is -0.490 e. The molecule has 0 aliphatic carbocycles. The van der Waals surface area contributed by atoms with E-state index in [4.69, 9.17) is 9.47 Å². The van der Waals surface area contributed by atoms with Crippen LogP contribution in [0.15, 0.2) is 18.2 Å². The minimum atomic E-state index is 0.359. The third-order valence-corrected chi connectivity index (χ3v) is 2.95. The number of anilines is 1. The van der Waals surface area contributed by atoms with Crippen LogP contribution in [0.1, 0.15) is 33.6 Å². The highest BCUT2D eigenvalue weighted by Crippen LogP contribution is 2.32. The number of nitrogens with one attached hydrogen (secondary N) is 1. The Labute approximate surface area is 109 Å². The molecule has 0 fully saturated rings. The first-order valence-electron chi connectivity index (χ1n) is 6.68. The number of fused-ring (bicyclic) bond motifs is 1. The summed E-state index contributed by atoms with van der Waals surface area (Å²) in [6, 6.07) is 6.07. The number of benzene rings is 1. The summed E-state index contributed by atoms with van der Waals surface area (Å²) in [5.74, 6) is 1.71. The van der Waals surface area contributed by atoms with Gasteiger partial charge in [0, 0.05) is 24.7 Å². The summed E-state index contributed by atoms with van der Waals surface area (Å²) in [4.78, 5) is 0. The van der Waals surface area contributed by atoms with Crippen molar-refractivity contribution >= 4 is 5.69 Å². The number of hydrogen-bond acceptors (Lipinski definition) is 3. The minimum absolute atomic E-state index is 0.359. The first-order valence-corrected chi connectivity index (χ1v) is 6.68. The number of rotatable bonds is 3. The SMILES string of the molecule is CC(C)(C)CCNc1ccc2c(c1)OCCCO2. The van der Waals surface area contributed by atoms with Gasteiger partial charge in [0.05, 0.1) is 13.2 Å². The molecule has 0 radical (unpaired) electrons. The van der Waals surface area contributed by atoms with Gasteiger partial charge in [-0.05, 0) is 24.0 Å². The molecule has 0 bridgehead atoms. The molecular formula is C15H23NO2. The fraction of sp³-hybridized carbons (Fsp3) is 0.600. The molecule has 1 N–H and O–H groups in total. The summed E-state index contributed by atoms with van der Waals surface area (Å²) in [7, 11) is 0. The smallest absolute Gasteiger partial charge is 0.163 e. The average molecular weight is 249 g/mol. The van der Waals surface area contributed by atoms with E-state index >= 15 is 0 Å². The molecule has 18 heavy (non-hydrogen) atoms. The first-order chi connectivity index (χ1) is 8.54. The molecule has 0 aromatic heterocycles. The Morgan fingerprint density at radius 1 is 1.11 bits per heavy atom. The summed E-state index contributed by atoms with van der Waals surface area (Å²) < 4.78 is 11.3. The zero-order chi connectivity index (χ0) is 13.0. The van der Waals surface area contributed by atoms with E-state index in [-0.39, 0.29) is 0 Å². The van der Waals surface area contributed by atoms with Crippen molar-refractivity contribution in [2.45, 2.75) is 33.6 Å². The molecule has 1 heterocycles. The van der Waals surface area contributed by atoms with Gasteiger partial charge in [-0.3, -0.25) is 0 Å². The highest BCUT2D eigenvalue weighted by atomic mass is 16.5. The lowest BCUT2D eigenvalue weighted by atomic mass is 9.92. The average Bonchev–Trinajstić information content (AvgIpc) is 2.51. The van der Waals surface area contributed by atoms with Crippen LogP contribution in [0.5, 0.6) is 11.5 Å². The predicted molar refractivity (Wildman–Crippen MR) is 74.6 cm³/mol. The van der Waals surface area contributed by atoms with E-state index in [0.29, 0.717) is 5.41 Å². The number of ether oxygens (including phenoxy) is 2. The van der Waals surface area contributed by atoms with Gasteiger partial charge in [-0.15, -0.1) is 0 Å². The molecule has 0 amide bonds. The summed E-state index contributed by atoms with van der Waals surface area (Å²) in [5.41, 5.74) is 1.46. The standard InChI is InChI=1S/C15H23NO2/c1-15(2,3)7-8-16-12-5-6-13-14(11-12)18-10-4-9-17-13/h5-6,11,16H,4,7-10H2,1-3H3. The van der Waals surface area contributed by atoms with Crippen LogP contribution in [0, 0.1) is 5.41 Å². The summed E-state index contributed by atoms with van der Waals surface area (Å²) in [5, 5.41) is 3.44. The molecule has 0 saturated carbocycles. The Bertz CT molecular complexity index is 396. The Balaban J connectivity index is 1.96. The molecule has 0 saturated heterocycles. The van der Waals surface area contributed by atoms with Crippen LogP contribution in [-0.2, 0) is 0 Å². The van der Waals surface area contributed by atoms with Gasteiger partial charge in [0.1, 0.15) is 0 Å². The largest absolute Gasteiger partial charge is 0.490 e. The lowest BCUT2D eigenvalue weighted by Gasteiger charge is -2.19. The molecule has 0 atom stereocenters. The van der Waals surface area contributed by atoms with Gasteiger partial charge < -0.3 is 14.8 Å². The second-order valence-electron chi connectivity index (χ2n) is 5.95. The molecule has 1 aromatic rings. The second kappa shape index (κ2) is 5.51. The summed E-state index contributed by atoms with van der Waals surface area (Å²) in [6.45, 7) is 9.21. The molecule has 3 heteroatoms. The van der Waals surface area contributed by atoms with Crippen LogP contribution < -0.4 is 14.8 Å². The first kappa shape index (κ1) is 13.1. The van der Waals surface area contributed by atoms with E-state index in [1.807, 2.05) is 12.1 Å². The maximum absolute atomic E-state index is 5.67. The van der Waals surface area contributed by atoms with Gasteiger partial charge in [0.15, 0.2) is 11.5 Å². The van der Waals surface area contributed by atoms with Crippen molar-refractivity contribution in [2.75, 3.05) is 25.1 Å². The monoisotopic (exact) mass is 249 g/mol. The molecule has 1 aromatic carbocycles. The van der Waals surface area contributed by atoms with Crippen LogP contribution in [0.2, 0.25) is 0 Å². The lowest BCUT2D eigenvalue weighted by molar-refractivity contribution is 0.297. The highest BCUT2D eigenvalue weighted by Gasteiger charge is 2.12. The van der Waals surface area contributed by atoms with Crippen molar-refractivity contribution < 1.29 is 9.47 Å². The van der Waals surface area contributed by atoms with Crippen LogP contribution in [0.25, 0.3) is 0 Å². The molecule has 0 spiro atoms. The van der Waals surface area contributed by atoms with E-state index in [2.05, 4.69) is 32.2 Å². The second-order valence-corrected chi connectivity index (χ2v) is 5.95. The van der Waals surface area contributed by atoms with Crippen LogP contribution >= 0.6 is 0 Å². The van der Waals surface area contributed by atoms with E-state index < -0.39 is 0 Å². The molecule has 3 nitrogen and oxygen atoms in total. The van der Waals surface area contributed by atoms with E-state index in [1.54, 1.807) is 0 Å². The summed E-state index contributed by atoms with van der Waals surface area (Å²) >= 11 is 0. The van der Waals surface area contributed by atoms with Gasteiger partial charge in [-0.1, -0.05) is 20.8 Å². The third-order valence-electron chi connectivity index (χ3n) is 2.95. The van der Waals surface area contributed by atoms with E-state index in [9.17, 15) is 0 Å². The maximum atomic E-state index is 5.67. The van der Waals surface area contributed by atoms with E-state index in [0.717, 1.165) is 49.8 Å². The third kappa shape index (κ3) is 3.83. The molecule has 1 aliphatic heterocycles. The van der Waals surface area contributed by atoms with Crippen molar-refractivity contribution in [2.24, 2.45) is 5.41 Å². The zero-order valence-corrected chi connectivity index (χ0v) is 11.6. The Hall–Kier alpha value is -1.38. The van der Waals surface area contributed by atoms with Gasteiger partial charge >= 0.3 is 0 Å². The topological polar surface area (TPSA) is 30.5 Å². The van der Waals surface area contributed by atoms with Gasteiger partial charge in [0.25, 0.3) is 0 Å².